The molecule has 0 saturated heterocycles. The highest BCUT2D eigenvalue weighted by molar-refractivity contribution is 9.10. The van der Waals surface area contributed by atoms with Crippen LogP contribution in [0.5, 0.6) is 0 Å². The summed E-state index contributed by atoms with van der Waals surface area (Å²) in [5.41, 5.74) is 0. The molecule has 2 atom stereocenters. The van der Waals surface area contributed by atoms with Crippen molar-refractivity contribution in [2.75, 3.05) is 0 Å². The van der Waals surface area contributed by atoms with Crippen molar-refractivity contribution in [3.05, 3.63) is 0 Å². The average Bonchev–Trinajstić information content (AvgIpc) is 1.98. The van der Waals surface area contributed by atoms with Gasteiger partial charge in [0.25, 0.3) is 0 Å². The summed E-state index contributed by atoms with van der Waals surface area (Å²) in [6.07, 6.45) is 5.51. The highest BCUT2D eigenvalue weighted by Crippen LogP contribution is 2.29. The average molecular weight is 219 g/mol. The summed E-state index contributed by atoms with van der Waals surface area (Å²) >= 11 is 3.41. The molecule has 0 spiro atoms. The van der Waals surface area contributed by atoms with E-state index in [-0.39, 0.29) is 4.83 Å². The van der Waals surface area contributed by atoms with E-state index in [9.17, 15) is 4.79 Å². The first-order valence-electron chi connectivity index (χ1n) is 4.40. The first kappa shape index (κ1) is 9.24. The van der Waals surface area contributed by atoms with Gasteiger partial charge in [-0.3, -0.25) is 4.79 Å². The number of hydrogen-bond donors (Lipinski definition) is 0. The molecule has 11 heavy (non-hydrogen) atoms. The van der Waals surface area contributed by atoms with Crippen molar-refractivity contribution in [3.63, 3.8) is 0 Å². The zero-order valence-electron chi connectivity index (χ0n) is 6.98. The topological polar surface area (TPSA) is 17.1 Å². The quantitative estimate of drug-likeness (QED) is 0.652. The van der Waals surface area contributed by atoms with Crippen LogP contribution in [0.2, 0.25) is 0 Å². The summed E-state index contributed by atoms with van der Waals surface area (Å²) in [5.74, 6) is 1.19. The van der Waals surface area contributed by atoms with E-state index in [2.05, 4.69) is 22.9 Å². The van der Waals surface area contributed by atoms with Crippen LogP contribution in [-0.2, 0) is 4.79 Å². The molecule has 1 fully saturated rings. The van der Waals surface area contributed by atoms with Crippen LogP contribution in [-0.4, -0.2) is 10.6 Å². The van der Waals surface area contributed by atoms with Crippen LogP contribution in [0.1, 0.15) is 39.0 Å². The van der Waals surface area contributed by atoms with Gasteiger partial charge in [-0.1, -0.05) is 35.7 Å². The minimum Gasteiger partial charge on any atom is -0.298 e. The summed E-state index contributed by atoms with van der Waals surface area (Å²) < 4.78 is 0. The van der Waals surface area contributed by atoms with E-state index in [4.69, 9.17) is 0 Å². The largest absolute Gasteiger partial charge is 0.298 e. The summed E-state index contributed by atoms with van der Waals surface area (Å²) in [5, 5.41) is 0. The van der Waals surface area contributed by atoms with Crippen LogP contribution >= 0.6 is 15.9 Å². The summed E-state index contributed by atoms with van der Waals surface area (Å²) in [7, 11) is 0. The second kappa shape index (κ2) is 4.24. The Morgan fingerprint density at radius 1 is 1.64 bits per heavy atom. The van der Waals surface area contributed by atoms with E-state index in [0.717, 1.165) is 25.2 Å². The maximum atomic E-state index is 11.1. The zero-order chi connectivity index (χ0) is 8.27. The molecule has 0 aromatic heterocycles. The highest BCUT2D eigenvalue weighted by Gasteiger charge is 2.25. The Balaban J connectivity index is 2.33. The zero-order valence-corrected chi connectivity index (χ0v) is 8.56. The molecule has 64 valence electrons. The Labute approximate surface area is 76.7 Å². The van der Waals surface area contributed by atoms with Gasteiger partial charge in [-0.2, -0.15) is 0 Å². The number of ketones is 1. The predicted molar refractivity (Wildman–Crippen MR) is 50.0 cm³/mol. The summed E-state index contributed by atoms with van der Waals surface area (Å²) in [4.78, 5) is 11.3. The SMILES string of the molecule is CCCC1CCC(=O)C(Br)C1. The number of Topliss-reactive ketones (excluding diaryl/α,β-unsaturated/α-hetero) is 1. The van der Waals surface area contributed by atoms with Gasteiger partial charge in [0.15, 0.2) is 0 Å². The van der Waals surface area contributed by atoms with Crippen LogP contribution in [0.25, 0.3) is 0 Å². The van der Waals surface area contributed by atoms with E-state index in [1.165, 1.54) is 12.8 Å². The van der Waals surface area contributed by atoms with Crippen LogP contribution in [0.3, 0.4) is 0 Å². The van der Waals surface area contributed by atoms with Crippen molar-refractivity contribution in [2.45, 2.75) is 43.9 Å². The normalized spacial score (nSPS) is 32.4. The molecule has 0 aliphatic heterocycles. The molecule has 2 heteroatoms. The monoisotopic (exact) mass is 218 g/mol. The van der Waals surface area contributed by atoms with Gasteiger partial charge in [0.1, 0.15) is 5.78 Å². The van der Waals surface area contributed by atoms with E-state index in [0.29, 0.717) is 5.78 Å². The van der Waals surface area contributed by atoms with Crippen molar-refractivity contribution < 1.29 is 4.79 Å². The Morgan fingerprint density at radius 3 is 2.91 bits per heavy atom. The van der Waals surface area contributed by atoms with Gasteiger partial charge in [0, 0.05) is 6.42 Å². The van der Waals surface area contributed by atoms with Crippen LogP contribution in [0.15, 0.2) is 0 Å². The third kappa shape index (κ3) is 2.58. The lowest BCUT2D eigenvalue weighted by Gasteiger charge is -2.23. The maximum Gasteiger partial charge on any atom is 0.146 e. The van der Waals surface area contributed by atoms with E-state index in [1.54, 1.807) is 0 Å². The molecule has 0 radical (unpaired) electrons. The molecule has 1 aliphatic rings. The van der Waals surface area contributed by atoms with Crippen molar-refractivity contribution >= 4 is 21.7 Å². The molecular formula is C9H15BrO. The van der Waals surface area contributed by atoms with Crippen molar-refractivity contribution in [1.29, 1.82) is 0 Å². The number of hydrogen-bond acceptors (Lipinski definition) is 1. The Kier molecular flexibility index (Phi) is 3.57. The fourth-order valence-corrected chi connectivity index (χ4v) is 2.47. The lowest BCUT2D eigenvalue weighted by atomic mass is 9.85. The van der Waals surface area contributed by atoms with Gasteiger partial charge in [0.05, 0.1) is 4.83 Å². The van der Waals surface area contributed by atoms with Gasteiger partial charge in [-0.05, 0) is 18.8 Å². The van der Waals surface area contributed by atoms with Gasteiger partial charge < -0.3 is 0 Å². The van der Waals surface area contributed by atoms with Gasteiger partial charge in [-0.25, -0.2) is 0 Å². The standard InChI is InChI=1S/C9H15BrO/c1-2-3-7-4-5-9(11)8(10)6-7/h7-8H,2-6H2,1H3. The molecule has 1 saturated carbocycles. The van der Waals surface area contributed by atoms with Crippen molar-refractivity contribution in [2.24, 2.45) is 5.92 Å². The fraction of sp³-hybridized carbons (Fsp3) is 0.889. The molecule has 1 rings (SSSR count). The number of halogens is 1. The van der Waals surface area contributed by atoms with E-state index >= 15 is 0 Å². The molecule has 0 bridgehead atoms. The third-order valence-electron chi connectivity index (χ3n) is 2.39. The Morgan fingerprint density at radius 2 is 2.36 bits per heavy atom. The molecule has 0 heterocycles. The molecular weight excluding hydrogens is 204 g/mol. The van der Waals surface area contributed by atoms with Crippen molar-refractivity contribution in [1.82, 2.24) is 0 Å². The van der Waals surface area contributed by atoms with Crippen LogP contribution < -0.4 is 0 Å². The number of alkyl halides is 1. The van der Waals surface area contributed by atoms with Gasteiger partial charge in [-0.15, -0.1) is 0 Å². The van der Waals surface area contributed by atoms with E-state index in [1.807, 2.05) is 0 Å². The van der Waals surface area contributed by atoms with Gasteiger partial charge >= 0.3 is 0 Å². The Bertz CT molecular complexity index is 144. The fourth-order valence-electron chi connectivity index (χ4n) is 1.72. The Hall–Kier alpha value is 0.150. The molecule has 0 amide bonds. The summed E-state index contributed by atoms with van der Waals surface area (Å²) in [6.45, 7) is 2.21. The molecule has 2 unspecified atom stereocenters. The molecule has 0 aromatic carbocycles. The molecule has 1 nitrogen and oxygen atoms in total. The predicted octanol–water partition coefficient (Wildman–Crippen LogP) is 2.92. The first-order chi connectivity index (χ1) is 5.24. The highest BCUT2D eigenvalue weighted by atomic mass is 79.9. The van der Waals surface area contributed by atoms with Crippen LogP contribution in [0, 0.1) is 5.92 Å². The molecule has 0 N–H and O–H groups in total. The summed E-state index contributed by atoms with van der Waals surface area (Å²) in [6, 6.07) is 0. The second-order valence-electron chi connectivity index (χ2n) is 3.36. The maximum absolute atomic E-state index is 11.1. The lowest BCUT2D eigenvalue weighted by molar-refractivity contribution is -0.120. The molecule has 1 aliphatic carbocycles. The second-order valence-corrected chi connectivity index (χ2v) is 4.47. The lowest BCUT2D eigenvalue weighted by Crippen LogP contribution is -2.24. The van der Waals surface area contributed by atoms with E-state index < -0.39 is 0 Å². The smallest absolute Gasteiger partial charge is 0.146 e. The van der Waals surface area contributed by atoms with Gasteiger partial charge in [0.2, 0.25) is 0 Å². The number of carbonyl (C=O) groups excluding carboxylic acids is 1. The minimum atomic E-state index is 0.160. The first-order valence-corrected chi connectivity index (χ1v) is 5.32. The van der Waals surface area contributed by atoms with Crippen molar-refractivity contribution in [3.8, 4) is 0 Å². The number of rotatable bonds is 2. The third-order valence-corrected chi connectivity index (χ3v) is 3.27. The molecule has 0 aromatic rings. The number of carbonyl (C=O) groups is 1. The minimum absolute atomic E-state index is 0.160. The van der Waals surface area contributed by atoms with Crippen LogP contribution in [0.4, 0.5) is 0 Å².